The van der Waals surface area contributed by atoms with Crippen molar-refractivity contribution in [3.05, 3.63) is 11.6 Å². The van der Waals surface area contributed by atoms with Crippen molar-refractivity contribution in [2.45, 2.75) is 175 Å². The molecule has 0 spiro atoms. The van der Waals surface area contributed by atoms with Crippen LogP contribution < -0.4 is 0 Å². The summed E-state index contributed by atoms with van der Waals surface area (Å²) in [5, 5.41) is 0. The number of ether oxygens (including phenoxy) is 2. The molecule has 0 aliphatic heterocycles. The van der Waals surface area contributed by atoms with E-state index in [1.165, 1.54) is 116 Å². The zero-order chi connectivity index (χ0) is 28.4. The maximum Gasteiger partial charge on any atom is 0.508 e. The van der Waals surface area contributed by atoms with Crippen molar-refractivity contribution in [2.75, 3.05) is 6.61 Å². The van der Waals surface area contributed by atoms with E-state index in [-0.39, 0.29) is 6.10 Å². The van der Waals surface area contributed by atoms with E-state index in [0.29, 0.717) is 17.4 Å². The highest BCUT2D eigenvalue weighted by molar-refractivity contribution is 5.60. The lowest BCUT2D eigenvalue weighted by molar-refractivity contribution is -0.0563. The smallest absolute Gasteiger partial charge is 0.434 e. The third-order valence-electron chi connectivity index (χ3n) is 12.4. The van der Waals surface area contributed by atoms with Gasteiger partial charge in [0.05, 0.1) is 6.61 Å². The number of hydrogen-bond donors (Lipinski definition) is 0. The fourth-order valence-corrected chi connectivity index (χ4v) is 9.87. The van der Waals surface area contributed by atoms with Gasteiger partial charge in [-0.1, -0.05) is 116 Å². The van der Waals surface area contributed by atoms with Crippen molar-refractivity contribution in [3.63, 3.8) is 0 Å². The van der Waals surface area contributed by atoms with E-state index >= 15 is 0 Å². The Kier molecular flexibility index (Phi) is 12.4. The van der Waals surface area contributed by atoms with Gasteiger partial charge in [0.15, 0.2) is 0 Å². The van der Waals surface area contributed by atoms with Crippen LogP contribution in [-0.2, 0) is 9.47 Å². The summed E-state index contributed by atoms with van der Waals surface area (Å²) >= 11 is 0. The molecule has 3 heteroatoms. The van der Waals surface area contributed by atoms with Crippen LogP contribution in [0.3, 0.4) is 0 Å². The maximum absolute atomic E-state index is 12.4. The van der Waals surface area contributed by atoms with Gasteiger partial charge in [-0.15, -0.1) is 0 Å². The van der Waals surface area contributed by atoms with Gasteiger partial charge in [0.2, 0.25) is 0 Å². The molecule has 7 atom stereocenters. The van der Waals surface area contributed by atoms with Crippen LogP contribution in [-0.4, -0.2) is 18.9 Å². The van der Waals surface area contributed by atoms with E-state index in [1.807, 2.05) is 0 Å². The standard InChI is InChI=1S/C37H64O3/c1-5-7-9-11-13-15-17-27-39-35(38)40-31-23-25-37(4)30(28-31)19-21-32-33-22-20-29(18-16-14-12-10-8-6-2)36(33,3)26-24-34(32)37/h19,29,31-34H,5-18,20-28H2,1-4H3/t29-,31-,32-,33-,34-,36+,37-/m0/s1. The Morgan fingerprint density at radius 3 is 2.20 bits per heavy atom. The predicted molar refractivity (Wildman–Crippen MR) is 167 cm³/mol. The summed E-state index contributed by atoms with van der Waals surface area (Å²) in [5.74, 6) is 3.57. The van der Waals surface area contributed by atoms with Crippen LogP contribution in [0.5, 0.6) is 0 Å². The van der Waals surface area contributed by atoms with E-state index in [2.05, 4.69) is 33.8 Å². The first-order valence-electron chi connectivity index (χ1n) is 17.9. The number of unbranched alkanes of at least 4 members (excludes halogenated alkanes) is 11. The molecule has 0 saturated heterocycles. The summed E-state index contributed by atoms with van der Waals surface area (Å²) in [6.45, 7) is 10.3. The highest BCUT2D eigenvalue weighted by Gasteiger charge is 2.58. The van der Waals surface area contributed by atoms with Crippen LogP contribution in [0.1, 0.15) is 169 Å². The van der Waals surface area contributed by atoms with Gasteiger partial charge < -0.3 is 9.47 Å². The zero-order valence-corrected chi connectivity index (χ0v) is 27.0. The molecule has 4 aliphatic rings. The molecular formula is C37H64O3. The lowest BCUT2D eigenvalue weighted by atomic mass is 9.47. The molecule has 0 aromatic rings. The molecule has 0 radical (unpaired) electrons. The number of fused-ring (bicyclic) bond motifs is 5. The second kappa shape index (κ2) is 15.5. The summed E-state index contributed by atoms with van der Waals surface area (Å²) < 4.78 is 11.3. The number of allylic oxidation sites excluding steroid dienone is 1. The minimum Gasteiger partial charge on any atom is -0.434 e. The summed E-state index contributed by atoms with van der Waals surface area (Å²) in [7, 11) is 0. The lowest BCUT2D eigenvalue weighted by Gasteiger charge is -2.58. The molecular weight excluding hydrogens is 492 g/mol. The molecule has 3 fully saturated rings. The third-order valence-corrected chi connectivity index (χ3v) is 12.4. The van der Waals surface area contributed by atoms with Gasteiger partial charge in [0.1, 0.15) is 6.10 Å². The number of carbonyl (C=O) groups is 1. The van der Waals surface area contributed by atoms with Crippen molar-refractivity contribution >= 4 is 6.16 Å². The minimum absolute atomic E-state index is 0.000498. The van der Waals surface area contributed by atoms with Gasteiger partial charge in [-0.25, -0.2) is 4.79 Å². The second-order valence-electron chi connectivity index (χ2n) is 14.8. The summed E-state index contributed by atoms with van der Waals surface area (Å²) in [5.41, 5.74) is 2.48. The fraction of sp³-hybridized carbons (Fsp3) is 0.919. The van der Waals surface area contributed by atoms with Crippen molar-refractivity contribution < 1.29 is 14.3 Å². The largest absolute Gasteiger partial charge is 0.508 e. The molecule has 40 heavy (non-hydrogen) atoms. The van der Waals surface area contributed by atoms with Crippen molar-refractivity contribution in [2.24, 2.45) is 34.5 Å². The van der Waals surface area contributed by atoms with Crippen molar-refractivity contribution in [1.29, 1.82) is 0 Å². The minimum atomic E-state index is -0.440. The zero-order valence-electron chi connectivity index (χ0n) is 27.0. The number of hydrogen-bond acceptors (Lipinski definition) is 3. The monoisotopic (exact) mass is 556 g/mol. The van der Waals surface area contributed by atoms with Crippen molar-refractivity contribution in [3.8, 4) is 0 Å². The maximum atomic E-state index is 12.4. The van der Waals surface area contributed by atoms with E-state index in [0.717, 1.165) is 49.4 Å². The Morgan fingerprint density at radius 1 is 0.800 bits per heavy atom. The van der Waals surface area contributed by atoms with Gasteiger partial charge in [0, 0.05) is 6.42 Å². The topological polar surface area (TPSA) is 35.5 Å². The molecule has 230 valence electrons. The van der Waals surface area contributed by atoms with Gasteiger partial charge in [-0.3, -0.25) is 0 Å². The molecule has 0 heterocycles. The Hall–Kier alpha value is -0.990. The van der Waals surface area contributed by atoms with E-state index < -0.39 is 6.16 Å². The summed E-state index contributed by atoms with van der Waals surface area (Å²) in [4.78, 5) is 12.4. The average molecular weight is 557 g/mol. The highest BCUT2D eigenvalue weighted by atomic mass is 16.7. The number of rotatable bonds is 16. The first kappa shape index (κ1) is 31.9. The van der Waals surface area contributed by atoms with Gasteiger partial charge in [-0.05, 0) is 92.3 Å². The Morgan fingerprint density at radius 2 is 1.48 bits per heavy atom. The van der Waals surface area contributed by atoms with E-state index in [4.69, 9.17) is 9.47 Å². The third kappa shape index (κ3) is 7.69. The van der Waals surface area contributed by atoms with Crippen LogP contribution in [0, 0.1) is 34.5 Å². The average Bonchev–Trinajstić information content (AvgIpc) is 3.28. The highest BCUT2D eigenvalue weighted by Crippen LogP contribution is 2.66. The Labute approximate surface area is 248 Å². The molecule has 0 aromatic heterocycles. The van der Waals surface area contributed by atoms with Crippen LogP contribution in [0.2, 0.25) is 0 Å². The molecule has 0 unspecified atom stereocenters. The SMILES string of the molecule is CCCCCCCCCOC(=O)O[C@H]1CC[C@@]2(C)C(=CC[C@H]3[C@@H]4CC[C@H](CCCCCCCC)[C@@]4(C)CC[C@@H]32)C1. The number of carbonyl (C=O) groups excluding carboxylic acids is 1. The van der Waals surface area contributed by atoms with Crippen LogP contribution >= 0.6 is 0 Å². The normalized spacial score (nSPS) is 34.9. The predicted octanol–water partition coefficient (Wildman–Crippen LogP) is 11.6. The molecule has 0 aromatic carbocycles. The molecule has 0 amide bonds. The summed E-state index contributed by atoms with van der Waals surface area (Å²) in [6, 6.07) is 0. The second-order valence-corrected chi connectivity index (χ2v) is 14.8. The molecule has 3 saturated carbocycles. The summed E-state index contributed by atoms with van der Waals surface area (Å²) in [6.07, 6.45) is 30.9. The van der Waals surface area contributed by atoms with E-state index in [9.17, 15) is 4.79 Å². The van der Waals surface area contributed by atoms with Gasteiger partial charge in [0.25, 0.3) is 0 Å². The van der Waals surface area contributed by atoms with Crippen LogP contribution in [0.4, 0.5) is 4.79 Å². The Bertz CT molecular complexity index is 803. The first-order chi connectivity index (χ1) is 19.4. The fourth-order valence-electron chi connectivity index (χ4n) is 9.87. The molecule has 0 bridgehead atoms. The molecule has 4 aliphatic carbocycles. The van der Waals surface area contributed by atoms with Gasteiger partial charge in [-0.2, -0.15) is 0 Å². The Balaban J connectivity index is 1.22. The first-order valence-corrected chi connectivity index (χ1v) is 17.9. The molecule has 0 N–H and O–H groups in total. The molecule has 4 rings (SSSR count). The van der Waals surface area contributed by atoms with Crippen LogP contribution in [0.25, 0.3) is 0 Å². The van der Waals surface area contributed by atoms with Crippen molar-refractivity contribution in [1.82, 2.24) is 0 Å². The van der Waals surface area contributed by atoms with Gasteiger partial charge >= 0.3 is 6.16 Å². The molecule has 3 nitrogen and oxygen atoms in total. The van der Waals surface area contributed by atoms with Crippen LogP contribution in [0.15, 0.2) is 11.6 Å². The quantitative estimate of drug-likeness (QED) is 0.108. The lowest BCUT2D eigenvalue weighted by Crippen LogP contribution is -2.50. The van der Waals surface area contributed by atoms with E-state index in [1.54, 1.807) is 5.57 Å².